The van der Waals surface area contributed by atoms with Gasteiger partial charge < -0.3 is 15.4 Å². The third-order valence-electron chi connectivity index (χ3n) is 3.64. The number of nitrogens with one attached hydrogen (secondary N) is 2. The summed E-state index contributed by atoms with van der Waals surface area (Å²) in [6, 6.07) is 0.686. The molecule has 2 rings (SSSR count). The van der Waals surface area contributed by atoms with Crippen LogP contribution in [0.3, 0.4) is 0 Å². The minimum Gasteiger partial charge on any atom is -0.375 e. The molecule has 0 radical (unpaired) electrons. The second-order valence-corrected chi connectivity index (χ2v) is 5.04. The van der Waals surface area contributed by atoms with Crippen LogP contribution in [0.2, 0.25) is 0 Å². The smallest absolute Gasteiger partial charge is 0.0667 e. The summed E-state index contributed by atoms with van der Waals surface area (Å²) in [5, 5.41) is 7.01. The predicted molar refractivity (Wildman–Crippen MR) is 57.4 cm³/mol. The van der Waals surface area contributed by atoms with Gasteiger partial charge in [-0.15, -0.1) is 0 Å². The Balaban J connectivity index is 1.74. The Bertz CT molecular complexity index is 188. The first-order valence-corrected chi connectivity index (χ1v) is 5.76. The SMILES string of the molecule is CC1(C)OCCC1CNC1CCNC1. The van der Waals surface area contributed by atoms with Crippen LogP contribution in [-0.4, -0.2) is 37.9 Å². The molecule has 0 saturated carbocycles. The summed E-state index contributed by atoms with van der Waals surface area (Å²) in [4.78, 5) is 0. The van der Waals surface area contributed by atoms with Crippen molar-refractivity contribution in [3.05, 3.63) is 0 Å². The Kier molecular flexibility index (Phi) is 3.10. The molecule has 0 aromatic heterocycles. The predicted octanol–water partition coefficient (Wildman–Crippen LogP) is 0.753. The normalized spacial score (nSPS) is 36.4. The van der Waals surface area contributed by atoms with Crippen molar-refractivity contribution in [3.63, 3.8) is 0 Å². The minimum absolute atomic E-state index is 0.0824. The minimum atomic E-state index is 0.0824. The van der Waals surface area contributed by atoms with Crippen LogP contribution >= 0.6 is 0 Å². The summed E-state index contributed by atoms with van der Waals surface area (Å²) in [5.41, 5.74) is 0.0824. The monoisotopic (exact) mass is 198 g/mol. The van der Waals surface area contributed by atoms with Crippen molar-refractivity contribution in [2.75, 3.05) is 26.2 Å². The van der Waals surface area contributed by atoms with Gasteiger partial charge in [-0.25, -0.2) is 0 Å². The lowest BCUT2D eigenvalue weighted by Crippen LogP contribution is -2.40. The molecule has 2 saturated heterocycles. The number of ether oxygens (including phenoxy) is 1. The first-order chi connectivity index (χ1) is 6.68. The van der Waals surface area contributed by atoms with E-state index in [2.05, 4.69) is 24.5 Å². The van der Waals surface area contributed by atoms with E-state index >= 15 is 0 Å². The second-order valence-electron chi connectivity index (χ2n) is 5.04. The molecule has 2 N–H and O–H groups in total. The van der Waals surface area contributed by atoms with Gasteiger partial charge in [-0.3, -0.25) is 0 Å². The Morgan fingerprint density at radius 3 is 2.86 bits per heavy atom. The van der Waals surface area contributed by atoms with Crippen LogP contribution in [0.25, 0.3) is 0 Å². The molecule has 2 heterocycles. The zero-order chi connectivity index (χ0) is 10.0. The van der Waals surface area contributed by atoms with Gasteiger partial charge in [0.2, 0.25) is 0 Å². The fourth-order valence-electron chi connectivity index (χ4n) is 2.42. The highest BCUT2D eigenvalue weighted by atomic mass is 16.5. The number of rotatable bonds is 3. The van der Waals surface area contributed by atoms with Crippen LogP contribution < -0.4 is 10.6 Å². The van der Waals surface area contributed by atoms with Crippen LogP contribution in [0.15, 0.2) is 0 Å². The maximum Gasteiger partial charge on any atom is 0.0667 e. The quantitative estimate of drug-likeness (QED) is 0.702. The Labute approximate surface area is 86.6 Å². The lowest BCUT2D eigenvalue weighted by atomic mass is 9.91. The maximum absolute atomic E-state index is 5.71. The van der Waals surface area contributed by atoms with Gasteiger partial charge in [0.05, 0.1) is 5.60 Å². The molecule has 2 unspecified atom stereocenters. The van der Waals surface area contributed by atoms with E-state index in [1.54, 1.807) is 0 Å². The molecule has 2 fully saturated rings. The van der Waals surface area contributed by atoms with Crippen molar-refractivity contribution in [1.29, 1.82) is 0 Å². The van der Waals surface area contributed by atoms with E-state index < -0.39 is 0 Å². The van der Waals surface area contributed by atoms with E-state index in [1.165, 1.54) is 19.4 Å². The van der Waals surface area contributed by atoms with Crippen molar-refractivity contribution < 1.29 is 4.74 Å². The molecule has 2 aliphatic rings. The summed E-state index contributed by atoms with van der Waals surface area (Å²) in [6.07, 6.45) is 2.48. The van der Waals surface area contributed by atoms with Crippen LogP contribution in [0.5, 0.6) is 0 Å². The molecule has 0 amide bonds. The Morgan fingerprint density at radius 1 is 1.43 bits per heavy atom. The molecule has 0 aromatic rings. The molecular weight excluding hydrogens is 176 g/mol. The van der Waals surface area contributed by atoms with E-state index in [0.717, 1.165) is 19.7 Å². The zero-order valence-electron chi connectivity index (χ0n) is 9.31. The van der Waals surface area contributed by atoms with Gasteiger partial charge in [-0.05, 0) is 33.2 Å². The molecule has 82 valence electrons. The molecule has 3 nitrogen and oxygen atoms in total. The average Bonchev–Trinajstić information content (AvgIpc) is 2.71. The standard InChI is InChI=1S/C11H22N2O/c1-11(2)9(4-6-14-11)7-13-10-3-5-12-8-10/h9-10,12-13H,3-8H2,1-2H3. The summed E-state index contributed by atoms with van der Waals surface area (Å²) >= 11 is 0. The summed E-state index contributed by atoms with van der Waals surface area (Å²) < 4.78 is 5.71. The van der Waals surface area contributed by atoms with Crippen molar-refractivity contribution in [1.82, 2.24) is 10.6 Å². The van der Waals surface area contributed by atoms with E-state index in [-0.39, 0.29) is 5.60 Å². The highest BCUT2D eigenvalue weighted by Gasteiger charge is 2.35. The molecule has 2 aliphatic heterocycles. The third-order valence-corrected chi connectivity index (χ3v) is 3.64. The van der Waals surface area contributed by atoms with Gasteiger partial charge in [0.25, 0.3) is 0 Å². The van der Waals surface area contributed by atoms with E-state index in [1.807, 2.05) is 0 Å². The van der Waals surface area contributed by atoms with Crippen molar-refractivity contribution >= 4 is 0 Å². The molecular formula is C11H22N2O. The van der Waals surface area contributed by atoms with Crippen LogP contribution in [0.1, 0.15) is 26.7 Å². The van der Waals surface area contributed by atoms with E-state index in [0.29, 0.717) is 12.0 Å². The molecule has 0 aliphatic carbocycles. The summed E-state index contributed by atoms with van der Waals surface area (Å²) in [5.74, 6) is 0.683. The largest absolute Gasteiger partial charge is 0.375 e. The first-order valence-electron chi connectivity index (χ1n) is 5.76. The number of hydrogen-bond donors (Lipinski definition) is 2. The first kappa shape index (κ1) is 10.4. The average molecular weight is 198 g/mol. The fourth-order valence-corrected chi connectivity index (χ4v) is 2.42. The molecule has 2 atom stereocenters. The molecule has 0 bridgehead atoms. The molecule has 0 spiro atoms. The fraction of sp³-hybridized carbons (Fsp3) is 1.00. The molecule has 0 aromatic carbocycles. The van der Waals surface area contributed by atoms with E-state index in [9.17, 15) is 0 Å². The highest BCUT2D eigenvalue weighted by molar-refractivity contribution is 4.88. The summed E-state index contributed by atoms with van der Waals surface area (Å²) in [6.45, 7) is 8.76. The topological polar surface area (TPSA) is 33.3 Å². The second kappa shape index (κ2) is 4.17. The lowest BCUT2D eigenvalue weighted by Gasteiger charge is -2.27. The van der Waals surface area contributed by atoms with Crippen LogP contribution in [0, 0.1) is 5.92 Å². The maximum atomic E-state index is 5.71. The van der Waals surface area contributed by atoms with Crippen molar-refractivity contribution in [2.24, 2.45) is 5.92 Å². The Morgan fingerprint density at radius 2 is 2.29 bits per heavy atom. The number of hydrogen-bond acceptors (Lipinski definition) is 3. The van der Waals surface area contributed by atoms with Gasteiger partial charge in [0, 0.05) is 31.7 Å². The summed E-state index contributed by atoms with van der Waals surface area (Å²) in [7, 11) is 0. The van der Waals surface area contributed by atoms with E-state index in [4.69, 9.17) is 4.74 Å². The Hall–Kier alpha value is -0.120. The molecule has 3 heteroatoms. The highest BCUT2D eigenvalue weighted by Crippen LogP contribution is 2.30. The van der Waals surface area contributed by atoms with Gasteiger partial charge in [0.1, 0.15) is 0 Å². The zero-order valence-corrected chi connectivity index (χ0v) is 9.31. The van der Waals surface area contributed by atoms with Crippen molar-refractivity contribution in [3.8, 4) is 0 Å². The van der Waals surface area contributed by atoms with Crippen molar-refractivity contribution in [2.45, 2.75) is 38.3 Å². The lowest BCUT2D eigenvalue weighted by molar-refractivity contribution is 0.0109. The van der Waals surface area contributed by atoms with Gasteiger partial charge in [-0.1, -0.05) is 0 Å². The van der Waals surface area contributed by atoms with Crippen LogP contribution in [-0.2, 0) is 4.74 Å². The third kappa shape index (κ3) is 2.27. The van der Waals surface area contributed by atoms with Gasteiger partial charge in [0.15, 0.2) is 0 Å². The van der Waals surface area contributed by atoms with Crippen LogP contribution in [0.4, 0.5) is 0 Å². The van der Waals surface area contributed by atoms with Gasteiger partial charge in [-0.2, -0.15) is 0 Å². The molecule has 14 heavy (non-hydrogen) atoms. The van der Waals surface area contributed by atoms with Gasteiger partial charge >= 0.3 is 0 Å².